The van der Waals surface area contributed by atoms with Gasteiger partial charge < -0.3 is 14.9 Å². The van der Waals surface area contributed by atoms with E-state index in [0.29, 0.717) is 5.75 Å². The van der Waals surface area contributed by atoms with E-state index < -0.39 is 0 Å². The van der Waals surface area contributed by atoms with Crippen LogP contribution in [-0.4, -0.2) is 23.4 Å². The molecule has 0 saturated heterocycles. The van der Waals surface area contributed by atoms with E-state index in [1.165, 1.54) is 0 Å². The molecule has 0 saturated carbocycles. The number of rotatable bonds is 3. The van der Waals surface area contributed by atoms with Crippen molar-refractivity contribution < 1.29 is 14.9 Å². The molecule has 0 fully saturated rings. The van der Waals surface area contributed by atoms with Gasteiger partial charge in [0.1, 0.15) is 18.1 Å². The minimum atomic E-state index is -0.0256. The Morgan fingerprint density at radius 2 is 1.69 bits per heavy atom. The van der Waals surface area contributed by atoms with Gasteiger partial charge in [-0.25, -0.2) is 0 Å². The fraction of sp³-hybridized carbons (Fsp3) is 0.0909. The van der Waals surface area contributed by atoms with Crippen molar-refractivity contribution in [3.05, 3.63) is 60.7 Å². The second-order valence-electron chi connectivity index (χ2n) is 6.29. The molecule has 1 heterocycles. The fourth-order valence-corrected chi connectivity index (χ4v) is 4.92. The summed E-state index contributed by atoms with van der Waals surface area (Å²) in [5.41, 5.74) is 0. The fourth-order valence-electron chi connectivity index (χ4n) is 3.69. The van der Waals surface area contributed by atoms with Crippen molar-refractivity contribution in [2.24, 2.45) is 0 Å². The molecule has 26 heavy (non-hydrogen) atoms. The van der Waals surface area contributed by atoms with Crippen LogP contribution >= 0.6 is 11.3 Å². The van der Waals surface area contributed by atoms with Gasteiger partial charge in [-0.2, -0.15) is 0 Å². The maximum Gasteiger partial charge on any atom is 0.127 e. The van der Waals surface area contributed by atoms with E-state index >= 15 is 0 Å². The number of hydrogen-bond donors (Lipinski definition) is 2. The second-order valence-corrected chi connectivity index (χ2v) is 7.34. The van der Waals surface area contributed by atoms with Crippen LogP contribution in [0.5, 0.6) is 11.5 Å². The number of benzene rings is 4. The highest BCUT2D eigenvalue weighted by molar-refractivity contribution is 7.27. The zero-order valence-corrected chi connectivity index (χ0v) is 14.7. The summed E-state index contributed by atoms with van der Waals surface area (Å²) < 4.78 is 8.13. The molecule has 0 spiro atoms. The van der Waals surface area contributed by atoms with E-state index in [0.717, 1.165) is 47.5 Å². The number of thiophene rings is 1. The Bertz CT molecular complexity index is 1290. The monoisotopic (exact) mass is 360 g/mol. The first-order chi connectivity index (χ1) is 12.8. The molecular weight excluding hydrogens is 344 g/mol. The van der Waals surface area contributed by atoms with E-state index in [1.54, 1.807) is 11.3 Å². The molecule has 3 nitrogen and oxygen atoms in total. The van der Waals surface area contributed by atoms with Crippen molar-refractivity contribution in [3.8, 4) is 11.5 Å². The van der Waals surface area contributed by atoms with Gasteiger partial charge in [-0.1, -0.05) is 42.5 Å². The molecule has 0 aliphatic rings. The number of aliphatic hydroxyl groups excluding tert-OH is 1. The Balaban J connectivity index is 1.98. The second kappa shape index (κ2) is 5.87. The highest BCUT2D eigenvalue weighted by Gasteiger charge is 2.16. The van der Waals surface area contributed by atoms with Crippen LogP contribution in [0.15, 0.2) is 60.7 Å². The van der Waals surface area contributed by atoms with E-state index in [2.05, 4.69) is 24.3 Å². The van der Waals surface area contributed by atoms with Crippen molar-refractivity contribution in [3.63, 3.8) is 0 Å². The SMILES string of the molecule is OCCOc1cccc2ccc3sc4c5ccccc5c(O)cc4c3c12. The minimum absolute atomic E-state index is 0.0256. The summed E-state index contributed by atoms with van der Waals surface area (Å²) in [6, 6.07) is 20.0. The van der Waals surface area contributed by atoms with Crippen LogP contribution in [0.25, 0.3) is 41.7 Å². The van der Waals surface area contributed by atoms with E-state index in [4.69, 9.17) is 9.84 Å². The summed E-state index contributed by atoms with van der Waals surface area (Å²) in [7, 11) is 0. The van der Waals surface area contributed by atoms with Gasteiger partial charge in [-0.3, -0.25) is 0 Å². The third-order valence-corrected chi connectivity index (χ3v) is 5.98. The minimum Gasteiger partial charge on any atom is -0.507 e. The molecular formula is C22H16O3S. The first-order valence-corrected chi connectivity index (χ1v) is 9.32. The van der Waals surface area contributed by atoms with Crippen LogP contribution in [0.4, 0.5) is 0 Å². The van der Waals surface area contributed by atoms with Crippen LogP contribution in [0.1, 0.15) is 0 Å². The lowest BCUT2D eigenvalue weighted by Gasteiger charge is -2.10. The molecule has 5 rings (SSSR count). The van der Waals surface area contributed by atoms with Crippen molar-refractivity contribution in [2.75, 3.05) is 13.2 Å². The lowest BCUT2D eigenvalue weighted by Crippen LogP contribution is -2.01. The normalized spacial score (nSPS) is 11.7. The smallest absolute Gasteiger partial charge is 0.127 e. The lowest BCUT2D eigenvalue weighted by molar-refractivity contribution is 0.203. The van der Waals surface area contributed by atoms with Crippen LogP contribution in [0.2, 0.25) is 0 Å². The molecule has 0 bridgehead atoms. The molecule has 2 N–H and O–H groups in total. The number of phenolic OH excluding ortho intramolecular Hbond substituents is 1. The maximum atomic E-state index is 10.6. The topological polar surface area (TPSA) is 49.7 Å². The summed E-state index contributed by atoms with van der Waals surface area (Å²) in [4.78, 5) is 0. The predicted octanol–water partition coefficient (Wildman–Crippen LogP) is 5.44. The summed E-state index contributed by atoms with van der Waals surface area (Å²) in [6.07, 6.45) is 0. The standard InChI is InChI=1S/C22H16O3S/c23-10-11-25-18-7-3-4-13-8-9-19-21(20(13)18)16-12-17(24)14-5-1-2-6-15(14)22(16)26-19/h1-9,12,23-24H,10-11H2. The van der Waals surface area contributed by atoms with Crippen molar-refractivity contribution in [1.82, 2.24) is 0 Å². The molecule has 0 aliphatic heterocycles. The zero-order chi connectivity index (χ0) is 17.7. The highest BCUT2D eigenvalue weighted by atomic mass is 32.1. The number of aliphatic hydroxyl groups is 1. The Morgan fingerprint density at radius 3 is 2.54 bits per heavy atom. The molecule has 0 atom stereocenters. The molecule has 128 valence electrons. The Hall–Kier alpha value is -2.82. The first-order valence-electron chi connectivity index (χ1n) is 8.50. The Labute approximate surface area is 153 Å². The average molecular weight is 360 g/mol. The highest BCUT2D eigenvalue weighted by Crippen LogP contribution is 2.46. The number of ether oxygens (including phenoxy) is 1. The van der Waals surface area contributed by atoms with Gasteiger partial charge in [0.05, 0.1) is 6.61 Å². The zero-order valence-electron chi connectivity index (χ0n) is 13.9. The molecule has 0 amide bonds. The van der Waals surface area contributed by atoms with Crippen molar-refractivity contribution in [2.45, 2.75) is 0 Å². The Morgan fingerprint density at radius 1 is 0.846 bits per heavy atom. The van der Waals surface area contributed by atoms with Gasteiger partial charge in [0.2, 0.25) is 0 Å². The molecule has 4 heteroatoms. The molecule has 0 aliphatic carbocycles. The van der Waals surface area contributed by atoms with Gasteiger partial charge in [0.25, 0.3) is 0 Å². The van der Waals surface area contributed by atoms with Gasteiger partial charge in [0, 0.05) is 36.3 Å². The third kappa shape index (κ3) is 2.16. The van der Waals surface area contributed by atoms with Gasteiger partial charge in [-0.05, 0) is 23.6 Å². The van der Waals surface area contributed by atoms with Crippen molar-refractivity contribution >= 4 is 53.1 Å². The average Bonchev–Trinajstić information content (AvgIpc) is 3.05. The number of fused-ring (bicyclic) bond motifs is 7. The third-order valence-electron chi connectivity index (χ3n) is 4.77. The summed E-state index contributed by atoms with van der Waals surface area (Å²) in [6.45, 7) is 0.230. The van der Waals surface area contributed by atoms with Gasteiger partial charge in [-0.15, -0.1) is 11.3 Å². The van der Waals surface area contributed by atoms with Crippen molar-refractivity contribution in [1.29, 1.82) is 0 Å². The number of hydrogen-bond acceptors (Lipinski definition) is 4. The van der Waals surface area contributed by atoms with Crippen LogP contribution in [0, 0.1) is 0 Å². The summed E-state index contributed by atoms with van der Waals surface area (Å²) >= 11 is 1.73. The Kier molecular flexibility index (Phi) is 3.48. The van der Waals surface area contributed by atoms with E-state index in [9.17, 15) is 5.11 Å². The number of aromatic hydroxyl groups is 1. The number of phenols is 1. The van der Waals surface area contributed by atoms with Gasteiger partial charge >= 0.3 is 0 Å². The largest absolute Gasteiger partial charge is 0.507 e. The van der Waals surface area contributed by atoms with Crippen LogP contribution in [0.3, 0.4) is 0 Å². The summed E-state index contributed by atoms with van der Waals surface area (Å²) in [5, 5.41) is 25.9. The lowest BCUT2D eigenvalue weighted by atomic mass is 10.0. The quantitative estimate of drug-likeness (QED) is 0.450. The molecule has 1 aromatic heterocycles. The first kappa shape index (κ1) is 15.4. The van der Waals surface area contributed by atoms with E-state index in [1.807, 2.05) is 36.4 Å². The van der Waals surface area contributed by atoms with Gasteiger partial charge in [0.15, 0.2) is 0 Å². The predicted molar refractivity (Wildman–Crippen MR) is 109 cm³/mol. The maximum absolute atomic E-state index is 10.6. The summed E-state index contributed by atoms with van der Waals surface area (Å²) in [5.74, 6) is 1.05. The van der Waals surface area contributed by atoms with E-state index in [-0.39, 0.29) is 13.2 Å². The molecule has 0 radical (unpaired) electrons. The van der Waals surface area contributed by atoms with Crippen LogP contribution in [-0.2, 0) is 0 Å². The van der Waals surface area contributed by atoms with Crippen LogP contribution < -0.4 is 4.74 Å². The molecule has 4 aromatic carbocycles. The molecule has 0 unspecified atom stereocenters. The molecule has 5 aromatic rings.